The number of rotatable bonds is 7. The lowest BCUT2D eigenvalue weighted by molar-refractivity contribution is 0.0926. The van der Waals surface area contributed by atoms with Crippen molar-refractivity contribution in [1.82, 2.24) is 10.0 Å². The molecule has 1 aromatic heterocycles. The lowest BCUT2D eigenvalue weighted by atomic mass is 10.0. The van der Waals surface area contributed by atoms with Gasteiger partial charge in [-0.3, -0.25) is 4.79 Å². The first-order valence-electron chi connectivity index (χ1n) is 7.79. The van der Waals surface area contributed by atoms with E-state index in [0.29, 0.717) is 12.1 Å². The molecular formula is C17H22N2O3S2. The quantitative estimate of drug-likeness (QED) is 0.790. The number of amides is 1. The zero-order chi connectivity index (χ0) is 17.7. The van der Waals surface area contributed by atoms with E-state index in [-0.39, 0.29) is 22.8 Å². The Bertz CT molecular complexity index is 767. The molecule has 0 aliphatic heterocycles. The smallest absolute Gasteiger partial charge is 0.251 e. The summed E-state index contributed by atoms with van der Waals surface area (Å²) < 4.78 is 26.3. The van der Waals surface area contributed by atoms with E-state index in [4.69, 9.17) is 0 Å². The van der Waals surface area contributed by atoms with Gasteiger partial charge in [-0.25, -0.2) is 13.1 Å². The summed E-state index contributed by atoms with van der Waals surface area (Å²) in [7, 11) is -3.50. The Labute approximate surface area is 147 Å². The topological polar surface area (TPSA) is 75.3 Å². The molecule has 1 amide bonds. The third kappa shape index (κ3) is 4.43. The van der Waals surface area contributed by atoms with Crippen molar-refractivity contribution in [3.63, 3.8) is 0 Å². The molecule has 0 bridgehead atoms. The molecule has 1 aromatic carbocycles. The fraction of sp³-hybridized carbons (Fsp3) is 0.353. The normalized spacial score (nSPS) is 13.0. The van der Waals surface area contributed by atoms with Gasteiger partial charge in [0.2, 0.25) is 10.0 Å². The first kappa shape index (κ1) is 18.6. The van der Waals surface area contributed by atoms with Crippen molar-refractivity contribution in [2.75, 3.05) is 6.54 Å². The summed E-state index contributed by atoms with van der Waals surface area (Å²) >= 11 is 1.61. The van der Waals surface area contributed by atoms with Crippen LogP contribution in [0.25, 0.3) is 0 Å². The lowest BCUT2D eigenvalue weighted by Gasteiger charge is -2.21. The molecule has 130 valence electrons. The minimum atomic E-state index is -3.50. The van der Waals surface area contributed by atoms with E-state index in [1.54, 1.807) is 18.3 Å². The van der Waals surface area contributed by atoms with E-state index in [1.165, 1.54) is 24.3 Å². The van der Waals surface area contributed by atoms with Gasteiger partial charge in [0, 0.05) is 17.0 Å². The standard InChI is InChI=1S/C17H22N2O3S2/c1-4-18-24(21,22)14-9-7-13(8-10-14)17(20)19-16(12(2)3)15-6-5-11-23-15/h5-12,16,18H,4H2,1-3H3,(H,19,20)/t16-/m0/s1. The van der Waals surface area contributed by atoms with Crippen molar-refractivity contribution in [2.45, 2.75) is 31.7 Å². The molecule has 0 fully saturated rings. The first-order chi connectivity index (χ1) is 11.3. The van der Waals surface area contributed by atoms with E-state index >= 15 is 0 Å². The molecular weight excluding hydrogens is 344 g/mol. The summed E-state index contributed by atoms with van der Waals surface area (Å²) in [5, 5.41) is 5.01. The molecule has 1 heterocycles. The Kier molecular flexibility index (Phi) is 6.15. The zero-order valence-corrected chi connectivity index (χ0v) is 15.6. The van der Waals surface area contributed by atoms with Crippen molar-refractivity contribution in [1.29, 1.82) is 0 Å². The predicted octanol–water partition coefficient (Wildman–Crippen LogP) is 3.17. The van der Waals surface area contributed by atoms with E-state index in [9.17, 15) is 13.2 Å². The van der Waals surface area contributed by atoms with Crippen LogP contribution in [-0.2, 0) is 10.0 Å². The summed E-state index contributed by atoms with van der Waals surface area (Å²) in [6.07, 6.45) is 0. The number of sulfonamides is 1. The number of carbonyl (C=O) groups is 1. The average Bonchev–Trinajstić information content (AvgIpc) is 3.06. The second-order valence-corrected chi connectivity index (χ2v) is 8.48. The molecule has 0 aliphatic carbocycles. The molecule has 0 spiro atoms. The van der Waals surface area contributed by atoms with E-state index < -0.39 is 10.0 Å². The summed E-state index contributed by atoms with van der Waals surface area (Å²) in [5.74, 6) is 0.0375. The van der Waals surface area contributed by atoms with Crippen LogP contribution in [0, 0.1) is 5.92 Å². The Hall–Kier alpha value is -1.70. The van der Waals surface area contributed by atoms with Gasteiger partial charge in [-0.15, -0.1) is 11.3 Å². The molecule has 0 saturated heterocycles. The fourth-order valence-corrected chi connectivity index (χ4v) is 4.31. The molecule has 0 saturated carbocycles. The van der Waals surface area contributed by atoms with Crippen LogP contribution in [0.3, 0.4) is 0 Å². The van der Waals surface area contributed by atoms with Gasteiger partial charge < -0.3 is 5.32 Å². The number of carbonyl (C=O) groups excluding carboxylic acids is 1. The van der Waals surface area contributed by atoms with Crippen LogP contribution in [0.5, 0.6) is 0 Å². The van der Waals surface area contributed by atoms with E-state index in [2.05, 4.69) is 23.9 Å². The maximum Gasteiger partial charge on any atom is 0.251 e. The van der Waals surface area contributed by atoms with Crippen molar-refractivity contribution in [2.24, 2.45) is 5.92 Å². The van der Waals surface area contributed by atoms with Crippen LogP contribution in [0.4, 0.5) is 0 Å². The number of hydrogen-bond acceptors (Lipinski definition) is 4. The Morgan fingerprint density at radius 3 is 2.33 bits per heavy atom. The number of nitrogens with one attached hydrogen (secondary N) is 2. The van der Waals surface area contributed by atoms with Gasteiger partial charge in [0.05, 0.1) is 10.9 Å². The van der Waals surface area contributed by atoms with Crippen LogP contribution in [0.2, 0.25) is 0 Å². The van der Waals surface area contributed by atoms with Crippen LogP contribution in [0.15, 0.2) is 46.7 Å². The predicted molar refractivity (Wildman–Crippen MR) is 96.7 cm³/mol. The minimum absolute atomic E-state index is 0.0670. The number of thiophene rings is 1. The summed E-state index contributed by atoms with van der Waals surface area (Å²) in [4.78, 5) is 13.7. The van der Waals surface area contributed by atoms with Gasteiger partial charge in [0.15, 0.2) is 0 Å². The van der Waals surface area contributed by atoms with Gasteiger partial charge >= 0.3 is 0 Å². The van der Waals surface area contributed by atoms with Crippen LogP contribution in [-0.4, -0.2) is 20.9 Å². The van der Waals surface area contributed by atoms with Gasteiger partial charge in [-0.05, 0) is 41.6 Å². The maximum absolute atomic E-state index is 12.5. The lowest BCUT2D eigenvalue weighted by Crippen LogP contribution is -2.31. The molecule has 0 unspecified atom stereocenters. The molecule has 0 aliphatic rings. The van der Waals surface area contributed by atoms with Crippen LogP contribution in [0.1, 0.15) is 42.0 Å². The second kappa shape index (κ2) is 7.92. The fourth-order valence-electron chi connectivity index (χ4n) is 2.32. The van der Waals surface area contributed by atoms with Gasteiger partial charge in [0.1, 0.15) is 0 Å². The SMILES string of the molecule is CCNS(=O)(=O)c1ccc(C(=O)N[C@H](c2cccs2)C(C)C)cc1. The molecule has 2 N–H and O–H groups in total. The Balaban J connectivity index is 2.15. The second-order valence-electron chi connectivity index (χ2n) is 5.74. The molecule has 2 aromatic rings. The van der Waals surface area contributed by atoms with Crippen molar-refractivity contribution < 1.29 is 13.2 Å². The van der Waals surface area contributed by atoms with Crippen molar-refractivity contribution in [3.8, 4) is 0 Å². The van der Waals surface area contributed by atoms with Gasteiger partial charge in [-0.1, -0.05) is 26.8 Å². The molecule has 24 heavy (non-hydrogen) atoms. The van der Waals surface area contributed by atoms with Crippen LogP contribution >= 0.6 is 11.3 Å². The average molecular weight is 367 g/mol. The zero-order valence-electron chi connectivity index (χ0n) is 13.9. The number of benzene rings is 1. The summed E-state index contributed by atoms with van der Waals surface area (Å²) in [5.41, 5.74) is 0.438. The molecule has 0 radical (unpaired) electrons. The monoisotopic (exact) mass is 366 g/mol. The Morgan fingerprint density at radius 2 is 1.83 bits per heavy atom. The van der Waals surface area contributed by atoms with Crippen LogP contribution < -0.4 is 10.0 Å². The van der Waals surface area contributed by atoms with E-state index in [1.807, 2.05) is 17.5 Å². The highest BCUT2D eigenvalue weighted by Crippen LogP contribution is 2.26. The maximum atomic E-state index is 12.5. The Morgan fingerprint density at radius 1 is 1.17 bits per heavy atom. The third-order valence-electron chi connectivity index (χ3n) is 3.56. The highest BCUT2D eigenvalue weighted by molar-refractivity contribution is 7.89. The first-order valence-corrected chi connectivity index (χ1v) is 10.2. The molecule has 7 heteroatoms. The summed E-state index contributed by atoms with van der Waals surface area (Å²) in [6, 6.07) is 9.85. The minimum Gasteiger partial charge on any atom is -0.344 e. The highest BCUT2D eigenvalue weighted by atomic mass is 32.2. The highest BCUT2D eigenvalue weighted by Gasteiger charge is 2.20. The largest absolute Gasteiger partial charge is 0.344 e. The van der Waals surface area contributed by atoms with E-state index in [0.717, 1.165) is 4.88 Å². The summed E-state index contributed by atoms with van der Waals surface area (Å²) in [6.45, 7) is 6.14. The van der Waals surface area contributed by atoms with Crippen molar-refractivity contribution >= 4 is 27.3 Å². The molecule has 1 atom stereocenters. The number of hydrogen-bond donors (Lipinski definition) is 2. The van der Waals surface area contributed by atoms with Gasteiger partial charge in [-0.2, -0.15) is 0 Å². The molecule has 5 nitrogen and oxygen atoms in total. The molecule has 2 rings (SSSR count). The van der Waals surface area contributed by atoms with Crippen molar-refractivity contribution in [3.05, 3.63) is 52.2 Å². The third-order valence-corrected chi connectivity index (χ3v) is 6.08. The van der Waals surface area contributed by atoms with Gasteiger partial charge in [0.25, 0.3) is 5.91 Å².